The van der Waals surface area contributed by atoms with Gasteiger partial charge in [0.25, 0.3) is 5.91 Å². The highest BCUT2D eigenvalue weighted by atomic mass is 32.1. The molecule has 0 bridgehead atoms. The van der Waals surface area contributed by atoms with E-state index >= 15 is 0 Å². The van der Waals surface area contributed by atoms with Gasteiger partial charge in [0.05, 0.1) is 17.3 Å². The number of thiazole rings is 1. The van der Waals surface area contributed by atoms with E-state index in [4.69, 9.17) is 10.00 Å². The van der Waals surface area contributed by atoms with Crippen molar-refractivity contribution < 1.29 is 9.53 Å². The summed E-state index contributed by atoms with van der Waals surface area (Å²) in [5.74, 6) is 0.221. The van der Waals surface area contributed by atoms with Gasteiger partial charge in [0.2, 0.25) is 0 Å². The first-order valence-electron chi connectivity index (χ1n) is 7.04. The molecular formula is C17H12N4O2S. The number of benzene rings is 1. The Morgan fingerprint density at radius 1 is 1.21 bits per heavy atom. The molecule has 1 aromatic carbocycles. The average Bonchev–Trinajstić information content (AvgIpc) is 3.09. The fourth-order valence-corrected chi connectivity index (χ4v) is 2.61. The number of hydrogen-bond acceptors (Lipinski definition) is 6. The molecule has 24 heavy (non-hydrogen) atoms. The van der Waals surface area contributed by atoms with Gasteiger partial charge in [-0.25, -0.2) is 4.98 Å². The zero-order chi connectivity index (χ0) is 16.8. The Kier molecular flexibility index (Phi) is 4.79. The number of carbonyl (C=O) groups is 1. The van der Waals surface area contributed by atoms with Crippen LogP contribution in [0.5, 0.6) is 5.75 Å². The van der Waals surface area contributed by atoms with Gasteiger partial charge in [-0.1, -0.05) is 6.07 Å². The molecule has 0 aliphatic carbocycles. The molecule has 2 aromatic heterocycles. The molecule has 1 amide bonds. The lowest BCUT2D eigenvalue weighted by Crippen LogP contribution is -2.20. The van der Waals surface area contributed by atoms with Crippen LogP contribution in [0.4, 0.5) is 5.13 Å². The van der Waals surface area contributed by atoms with Crippen molar-refractivity contribution in [2.24, 2.45) is 0 Å². The van der Waals surface area contributed by atoms with E-state index in [1.165, 1.54) is 11.3 Å². The van der Waals surface area contributed by atoms with E-state index in [0.717, 1.165) is 5.69 Å². The first-order valence-corrected chi connectivity index (χ1v) is 7.92. The SMILES string of the molecule is N#Cc1ccc(OCC(=O)Nc2nc(-c3ccccn3)cs2)cc1. The zero-order valence-corrected chi connectivity index (χ0v) is 13.3. The van der Waals surface area contributed by atoms with Crippen LogP contribution in [0.3, 0.4) is 0 Å². The number of aromatic nitrogens is 2. The molecule has 0 atom stereocenters. The largest absolute Gasteiger partial charge is 0.484 e. The van der Waals surface area contributed by atoms with Gasteiger partial charge in [-0.05, 0) is 36.4 Å². The Bertz CT molecular complexity index is 870. The summed E-state index contributed by atoms with van der Waals surface area (Å²) in [5.41, 5.74) is 2.00. The highest BCUT2D eigenvalue weighted by Crippen LogP contribution is 2.23. The molecule has 0 saturated heterocycles. The molecule has 0 fully saturated rings. The number of nitrogens with zero attached hydrogens (tertiary/aromatic N) is 3. The fraction of sp³-hybridized carbons (Fsp3) is 0.0588. The molecule has 3 rings (SSSR count). The zero-order valence-electron chi connectivity index (χ0n) is 12.5. The van der Waals surface area contributed by atoms with E-state index in [-0.39, 0.29) is 12.5 Å². The summed E-state index contributed by atoms with van der Waals surface area (Å²) in [4.78, 5) is 20.5. The Hall–Kier alpha value is -3.24. The van der Waals surface area contributed by atoms with Gasteiger partial charge in [0, 0.05) is 11.6 Å². The third-order valence-electron chi connectivity index (χ3n) is 3.03. The Labute approximate surface area is 142 Å². The first-order chi connectivity index (χ1) is 11.7. The van der Waals surface area contributed by atoms with Gasteiger partial charge in [-0.15, -0.1) is 11.3 Å². The second-order valence-electron chi connectivity index (χ2n) is 4.73. The predicted octanol–water partition coefficient (Wildman–Crippen LogP) is 3.09. The van der Waals surface area contributed by atoms with Crippen LogP contribution in [0.15, 0.2) is 54.0 Å². The van der Waals surface area contributed by atoms with Crippen LogP contribution in [-0.2, 0) is 4.79 Å². The molecule has 0 saturated carbocycles. The van der Waals surface area contributed by atoms with Gasteiger partial charge in [-0.2, -0.15) is 5.26 Å². The molecule has 2 heterocycles. The molecule has 118 valence electrons. The van der Waals surface area contributed by atoms with Crippen LogP contribution in [0, 0.1) is 11.3 Å². The predicted molar refractivity (Wildman–Crippen MR) is 90.6 cm³/mol. The van der Waals surface area contributed by atoms with E-state index in [1.54, 1.807) is 30.5 Å². The highest BCUT2D eigenvalue weighted by molar-refractivity contribution is 7.14. The van der Waals surface area contributed by atoms with Crippen LogP contribution in [0.1, 0.15) is 5.56 Å². The molecule has 6 nitrogen and oxygen atoms in total. The Balaban J connectivity index is 1.55. The molecule has 7 heteroatoms. The minimum atomic E-state index is -0.304. The lowest BCUT2D eigenvalue weighted by atomic mass is 10.2. The maximum Gasteiger partial charge on any atom is 0.264 e. The third-order valence-corrected chi connectivity index (χ3v) is 3.79. The summed E-state index contributed by atoms with van der Waals surface area (Å²) in [6.45, 7) is -0.135. The van der Waals surface area contributed by atoms with Crippen molar-refractivity contribution in [1.29, 1.82) is 5.26 Å². The number of nitrogens with one attached hydrogen (secondary N) is 1. The average molecular weight is 336 g/mol. The molecule has 0 aliphatic rings. The van der Waals surface area contributed by atoms with Gasteiger partial charge >= 0.3 is 0 Å². The number of pyridine rings is 1. The number of amides is 1. The minimum absolute atomic E-state index is 0.135. The summed E-state index contributed by atoms with van der Waals surface area (Å²) >= 11 is 1.32. The first kappa shape index (κ1) is 15.6. The number of carbonyl (C=O) groups excluding carboxylic acids is 1. The van der Waals surface area contributed by atoms with Crippen molar-refractivity contribution in [3.63, 3.8) is 0 Å². The van der Waals surface area contributed by atoms with Gasteiger partial charge in [0.1, 0.15) is 11.4 Å². The molecule has 0 spiro atoms. The standard InChI is InChI=1S/C17H12N4O2S/c18-9-12-4-6-13(7-5-12)23-10-16(22)21-17-20-15(11-24-17)14-3-1-2-8-19-14/h1-8,11H,10H2,(H,20,21,22). The monoisotopic (exact) mass is 336 g/mol. The van der Waals surface area contributed by atoms with Gasteiger partial charge in [-0.3, -0.25) is 15.1 Å². The number of nitriles is 1. The maximum atomic E-state index is 11.9. The summed E-state index contributed by atoms with van der Waals surface area (Å²) in [6.07, 6.45) is 1.69. The third kappa shape index (κ3) is 3.94. The van der Waals surface area contributed by atoms with Crippen LogP contribution >= 0.6 is 11.3 Å². The fourth-order valence-electron chi connectivity index (χ4n) is 1.89. The number of rotatable bonds is 5. The van der Waals surface area contributed by atoms with E-state index in [1.807, 2.05) is 29.6 Å². The molecule has 1 N–H and O–H groups in total. The van der Waals surface area contributed by atoms with E-state index < -0.39 is 0 Å². The van der Waals surface area contributed by atoms with Crippen LogP contribution < -0.4 is 10.1 Å². The van der Waals surface area contributed by atoms with Crippen molar-refractivity contribution in [1.82, 2.24) is 9.97 Å². The van der Waals surface area contributed by atoms with E-state index in [0.29, 0.717) is 22.1 Å². The smallest absolute Gasteiger partial charge is 0.264 e. The molecule has 0 aliphatic heterocycles. The normalized spacial score (nSPS) is 9.96. The maximum absolute atomic E-state index is 11.9. The number of hydrogen-bond donors (Lipinski definition) is 1. The van der Waals surface area contributed by atoms with Gasteiger partial charge < -0.3 is 4.74 Å². The van der Waals surface area contributed by atoms with Crippen molar-refractivity contribution in [3.05, 3.63) is 59.6 Å². The van der Waals surface area contributed by atoms with Crippen LogP contribution in [-0.4, -0.2) is 22.5 Å². The van der Waals surface area contributed by atoms with Crippen LogP contribution in [0.2, 0.25) is 0 Å². The lowest BCUT2D eigenvalue weighted by Gasteiger charge is -2.05. The highest BCUT2D eigenvalue weighted by Gasteiger charge is 2.09. The topological polar surface area (TPSA) is 87.9 Å². The second kappa shape index (κ2) is 7.35. The molecule has 3 aromatic rings. The summed E-state index contributed by atoms with van der Waals surface area (Å²) in [7, 11) is 0. The minimum Gasteiger partial charge on any atom is -0.484 e. The Morgan fingerprint density at radius 2 is 2.04 bits per heavy atom. The van der Waals surface area contributed by atoms with Crippen LogP contribution in [0.25, 0.3) is 11.4 Å². The summed E-state index contributed by atoms with van der Waals surface area (Å²) in [6, 6.07) is 14.1. The number of ether oxygens (including phenoxy) is 1. The lowest BCUT2D eigenvalue weighted by molar-refractivity contribution is -0.118. The number of anilines is 1. The summed E-state index contributed by atoms with van der Waals surface area (Å²) in [5, 5.41) is 13.7. The van der Waals surface area contributed by atoms with E-state index in [9.17, 15) is 4.79 Å². The van der Waals surface area contributed by atoms with Crippen molar-refractivity contribution in [2.75, 3.05) is 11.9 Å². The van der Waals surface area contributed by atoms with Crippen molar-refractivity contribution in [2.45, 2.75) is 0 Å². The quantitative estimate of drug-likeness (QED) is 0.773. The molecule has 0 radical (unpaired) electrons. The summed E-state index contributed by atoms with van der Waals surface area (Å²) < 4.78 is 5.37. The Morgan fingerprint density at radius 3 is 2.75 bits per heavy atom. The second-order valence-corrected chi connectivity index (χ2v) is 5.58. The molecule has 0 unspecified atom stereocenters. The van der Waals surface area contributed by atoms with Crippen molar-refractivity contribution in [3.8, 4) is 23.2 Å². The van der Waals surface area contributed by atoms with E-state index in [2.05, 4.69) is 15.3 Å². The molecular weight excluding hydrogens is 324 g/mol. The van der Waals surface area contributed by atoms with Crippen molar-refractivity contribution >= 4 is 22.4 Å². The van der Waals surface area contributed by atoms with Gasteiger partial charge in [0.15, 0.2) is 11.7 Å².